The number of nitrogens with zero attached hydrogens (tertiary/aromatic N) is 2. The standard InChI is InChI=1S/C20H26ClN3O2/c1-12-9-13-14(10-16(12)21)20(5-7-24(4)8-6-20)11-15(13)19(2,3)17-22-23-18(25)26-17/h9-10,15H,5-8,11H2,1-4H3,(H,23,25)/t15-/m0/s1. The second-order valence-corrected chi connectivity index (χ2v) is 9.08. The zero-order chi connectivity index (χ0) is 18.7. The molecule has 4 rings (SSSR count). The molecule has 5 nitrogen and oxygen atoms in total. The minimum absolute atomic E-state index is 0.151. The van der Waals surface area contributed by atoms with E-state index in [1.165, 1.54) is 11.1 Å². The summed E-state index contributed by atoms with van der Waals surface area (Å²) in [6.45, 7) is 8.49. The van der Waals surface area contributed by atoms with Crippen LogP contribution >= 0.6 is 11.6 Å². The van der Waals surface area contributed by atoms with Gasteiger partial charge in [-0.15, -0.1) is 5.10 Å². The third kappa shape index (κ3) is 2.64. The molecule has 1 fully saturated rings. The highest BCUT2D eigenvalue weighted by atomic mass is 35.5. The van der Waals surface area contributed by atoms with Crippen LogP contribution in [0.3, 0.4) is 0 Å². The van der Waals surface area contributed by atoms with Crippen molar-refractivity contribution in [2.75, 3.05) is 20.1 Å². The van der Waals surface area contributed by atoms with Crippen molar-refractivity contribution in [3.63, 3.8) is 0 Å². The SMILES string of the molecule is Cc1cc2c(cc1Cl)C1(CCN(C)CC1)C[C@@H]2C(C)(C)c1n[nH]c(=O)o1. The van der Waals surface area contributed by atoms with Crippen molar-refractivity contribution in [2.24, 2.45) is 0 Å². The quantitative estimate of drug-likeness (QED) is 0.868. The summed E-state index contributed by atoms with van der Waals surface area (Å²) in [5.74, 6) is 0.229. The Labute approximate surface area is 158 Å². The Hall–Kier alpha value is -1.59. The summed E-state index contributed by atoms with van der Waals surface area (Å²) >= 11 is 6.52. The third-order valence-electron chi connectivity index (χ3n) is 6.68. The summed E-state index contributed by atoms with van der Waals surface area (Å²) < 4.78 is 5.37. The van der Waals surface area contributed by atoms with E-state index in [9.17, 15) is 4.79 Å². The highest BCUT2D eigenvalue weighted by molar-refractivity contribution is 6.31. The van der Waals surface area contributed by atoms with E-state index in [0.29, 0.717) is 5.89 Å². The first-order valence-corrected chi connectivity index (χ1v) is 9.66. The number of fused-ring (bicyclic) bond motifs is 2. The topological polar surface area (TPSA) is 62.1 Å². The van der Waals surface area contributed by atoms with Gasteiger partial charge in [-0.2, -0.15) is 0 Å². The zero-order valence-electron chi connectivity index (χ0n) is 15.9. The number of hydrogen-bond donors (Lipinski definition) is 1. The van der Waals surface area contributed by atoms with E-state index in [1.54, 1.807) is 0 Å². The van der Waals surface area contributed by atoms with Gasteiger partial charge in [-0.05, 0) is 80.4 Å². The zero-order valence-corrected chi connectivity index (χ0v) is 16.6. The molecule has 1 spiro atoms. The van der Waals surface area contributed by atoms with E-state index in [4.69, 9.17) is 16.0 Å². The van der Waals surface area contributed by atoms with Crippen molar-refractivity contribution >= 4 is 11.6 Å². The lowest BCUT2D eigenvalue weighted by molar-refractivity contribution is 0.170. The molecule has 2 heterocycles. The van der Waals surface area contributed by atoms with Gasteiger partial charge in [0.05, 0.1) is 0 Å². The Morgan fingerprint density at radius 2 is 2.04 bits per heavy atom. The highest BCUT2D eigenvalue weighted by Gasteiger charge is 2.51. The smallest absolute Gasteiger partial charge is 0.392 e. The number of likely N-dealkylation sites (tertiary alicyclic amines) is 1. The van der Waals surface area contributed by atoms with Crippen molar-refractivity contribution < 1.29 is 4.42 Å². The fourth-order valence-corrected chi connectivity index (χ4v) is 5.04. The maximum absolute atomic E-state index is 11.5. The number of aryl methyl sites for hydroxylation is 1. The second-order valence-electron chi connectivity index (χ2n) is 8.67. The maximum Gasteiger partial charge on any atom is 0.434 e. The van der Waals surface area contributed by atoms with Crippen molar-refractivity contribution in [1.82, 2.24) is 15.1 Å². The summed E-state index contributed by atoms with van der Waals surface area (Å²) in [6, 6.07) is 4.43. The fourth-order valence-electron chi connectivity index (χ4n) is 4.88. The molecule has 1 aliphatic carbocycles. The van der Waals surface area contributed by atoms with Crippen LogP contribution in [0.2, 0.25) is 5.02 Å². The molecule has 2 aliphatic rings. The second kappa shape index (κ2) is 5.96. The van der Waals surface area contributed by atoms with Gasteiger partial charge in [-0.25, -0.2) is 9.89 Å². The normalized spacial score (nSPS) is 22.7. The van der Waals surface area contributed by atoms with Crippen LogP contribution in [0.5, 0.6) is 0 Å². The molecule has 1 aliphatic heterocycles. The number of aromatic amines is 1. The van der Waals surface area contributed by atoms with E-state index in [1.807, 2.05) is 0 Å². The van der Waals surface area contributed by atoms with E-state index in [2.05, 4.69) is 55.0 Å². The number of aromatic nitrogens is 2. The molecule has 1 saturated heterocycles. The largest absolute Gasteiger partial charge is 0.434 e. The van der Waals surface area contributed by atoms with Crippen LogP contribution in [-0.2, 0) is 10.8 Å². The van der Waals surface area contributed by atoms with Gasteiger partial charge in [0.25, 0.3) is 0 Å². The number of piperidine rings is 1. The lowest BCUT2D eigenvalue weighted by Gasteiger charge is -2.40. The molecule has 1 atom stereocenters. The summed E-state index contributed by atoms with van der Waals surface area (Å²) in [7, 11) is 2.19. The minimum atomic E-state index is -0.493. The molecule has 0 radical (unpaired) electrons. The highest BCUT2D eigenvalue weighted by Crippen LogP contribution is 2.57. The Balaban J connectivity index is 1.83. The van der Waals surface area contributed by atoms with Gasteiger partial charge in [0, 0.05) is 10.4 Å². The maximum atomic E-state index is 11.5. The molecule has 0 unspecified atom stereocenters. The molecule has 0 bridgehead atoms. The van der Waals surface area contributed by atoms with Crippen molar-refractivity contribution in [2.45, 2.75) is 56.8 Å². The first-order valence-electron chi connectivity index (χ1n) is 9.28. The van der Waals surface area contributed by atoms with Gasteiger partial charge in [-0.3, -0.25) is 0 Å². The summed E-state index contributed by atoms with van der Waals surface area (Å²) in [6.07, 6.45) is 3.31. The average molecular weight is 376 g/mol. The molecule has 0 saturated carbocycles. The molecular formula is C20H26ClN3O2. The van der Waals surface area contributed by atoms with Crippen LogP contribution in [0.15, 0.2) is 21.3 Å². The first kappa shape index (κ1) is 17.8. The lowest BCUT2D eigenvalue weighted by Crippen LogP contribution is -2.40. The van der Waals surface area contributed by atoms with E-state index >= 15 is 0 Å². The van der Waals surface area contributed by atoms with Crippen LogP contribution in [-0.4, -0.2) is 35.2 Å². The monoisotopic (exact) mass is 375 g/mol. The Morgan fingerprint density at radius 3 is 2.65 bits per heavy atom. The Morgan fingerprint density at radius 1 is 1.35 bits per heavy atom. The van der Waals surface area contributed by atoms with Crippen molar-refractivity contribution in [3.8, 4) is 0 Å². The molecular weight excluding hydrogens is 350 g/mol. The fraction of sp³-hybridized carbons (Fsp3) is 0.600. The molecule has 1 N–H and O–H groups in total. The predicted octanol–water partition coefficient (Wildman–Crippen LogP) is 3.75. The van der Waals surface area contributed by atoms with Crippen molar-refractivity contribution in [3.05, 3.63) is 50.3 Å². The molecule has 140 valence electrons. The van der Waals surface area contributed by atoms with Gasteiger partial charge >= 0.3 is 5.76 Å². The molecule has 0 amide bonds. The number of nitrogens with one attached hydrogen (secondary N) is 1. The number of H-pyrrole nitrogens is 1. The van der Waals surface area contributed by atoms with Gasteiger partial charge < -0.3 is 9.32 Å². The Bertz CT molecular complexity index is 891. The van der Waals surface area contributed by atoms with Gasteiger partial charge in [-0.1, -0.05) is 31.5 Å². The van der Waals surface area contributed by atoms with Gasteiger partial charge in [0.2, 0.25) is 5.89 Å². The van der Waals surface area contributed by atoms with Crippen molar-refractivity contribution in [1.29, 1.82) is 0 Å². The predicted molar refractivity (Wildman–Crippen MR) is 102 cm³/mol. The number of halogens is 1. The molecule has 6 heteroatoms. The molecule has 26 heavy (non-hydrogen) atoms. The number of rotatable bonds is 2. The van der Waals surface area contributed by atoms with Crippen LogP contribution in [0.25, 0.3) is 0 Å². The lowest BCUT2D eigenvalue weighted by atomic mass is 9.70. The minimum Gasteiger partial charge on any atom is -0.392 e. The number of hydrogen-bond acceptors (Lipinski definition) is 4. The van der Waals surface area contributed by atoms with Crippen LogP contribution in [0, 0.1) is 6.92 Å². The van der Waals surface area contributed by atoms with Crippen LogP contribution in [0.4, 0.5) is 0 Å². The van der Waals surface area contributed by atoms with E-state index < -0.39 is 5.76 Å². The third-order valence-corrected chi connectivity index (χ3v) is 7.08. The Kier molecular flexibility index (Phi) is 4.08. The summed E-state index contributed by atoms with van der Waals surface area (Å²) in [5, 5.41) is 7.41. The van der Waals surface area contributed by atoms with Crippen LogP contribution in [0.1, 0.15) is 61.6 Å². The van der Waals surface area contributed by atoms with E-state index in [0.717, 1.165) is 42.9 Å². The first-order chi connectivity index (χ1) is 12.2. The molecule has 1 aromatic carbocycles. The van der Waals surface area contributed by atoms with Gasteiger partial charge in [0.15, 0.2) is 0 Å². The summed E-state index contributed by atoms with van der Waals surface area (Å²) in [4.78, 5) is 13.9. The molecule has 1 aromatic heterocycles. The number of benzene rings is 1. The van der Waals surface area contributed by atoms with Gasteiger partial charge in [0.1, 0.15) is 0 Å². The van der Waals surface area contributed by atoms with Crippen LogP contribution < -0.4 is 5.76 Å². The summed E-state index contributed by atoms with van der Waals surface area (Å²) in [5.41, 5.74) is 3.60. The average Bonchev–Trinajstić information content (AvgIpc) is 3.15. The van der Waals surface area contributed by atoms with E-state index in [-0.39, 0.29) is 16.7 Å². The molecule has 2 aromatic rings.